The second-order valence-corrected chi connectivity index (χ2v) is 12.6. The zero-order valence-corrected chi connectivity index (χ0v) is 29.4. The minimum atomic E-state index is 0.798. The van der Waals surface area contributed by atoms with Crippen molar-refractivity contribution in [3.05, 3.63) is 233 Å². The molecule has 252 valence electrons. The van der Waals surface area contributed by atoms with Crippen LogP contribution in [-0.4, -0.2) is 0 Å². The zero-order chi connectivity index (χ0) is 35.5. The van der Waals surface area contributed by atoms with Gasteiger partial charge in [0.2, 0.25) is 0 Å². The summed E-state index contributed by atoms with van der Waals surface area (Å²) >= 11 is 0. The number of ether oxygens (including phenoxy) is 2. The van der Waals surface area contributed by atoms with Crippen LogP contribution in [-0.2, 0) is 0 Å². The minimum absolute atomic E-state index is 0.798. The number of para-hydroxylation sites is 2. The maximum atomic E-state index is 6.10. The molecule has 2 heteroatoms. The van der Waals surface area contributed by atoms with Gasteiger partial charge in [-0.3, -0.25) is 0 Å². The molecule has 2 nitrogen and oxygen atoms in total. The van der Waals surface area contributed by atoms with E-state index in [9.17, 15) is 0 Å². The van der Waals surface area contributed by atoms with Gasteiger partial charge >= 0.3 is 0 Å². The highest BCUT2D eigenvalue weighted by atomic mass is 16.5. The largest absolute Gasteiger partial charge is 0.457 e. The van der Waals surface area contributed by atoms with Crippen molar-refractivity contribution in [2.24, 2.45) is 0 Å². The van der Waals surface area contributed by atoms with Crippen LogP contribution in [0.5, 0.6) is 23.0 Å². The summed E-state index contributed by atoms with van der Waals surface area (Å²) in [4.78, 5) is 0. The van der Waals surface area contributed by atoms with Crippen LogP contribution in [0.1, 0.15) is 51.4 Å². The first-order valence-corrected chi connectivity index (χ1v) is 17.6. The summed E-state index contributed by atoms with van der Waals surface area (Å²) in [5.74, 6) is 3.25. The number of benzene rings is 7. The van der Waals surface area contributed by atoms with Gasteiger partial charge < -0.3 is 9.47 Å². The van der Waals surface area contributed by atoms with Gasteiger partial charge in [0.25, 0.3) is 0 Å². The number of rotatable bonds is 11. The third kappa shape index (κ3) is 8.74. The maximum Gasteiger partial charge on any atom is 0.127 e. The summed E-state index contributed by atoms with van der Waals surface area (Å²) < 4.78 is 12.1. The predicted molar refractivity (Wildman–Crippen MR) is 219 cm³/mol. The van der Waals surface area contributed by atoms with E-state index >= 15 is 0 Å². The Morgan fingerprint density at radius 2 is 0.712 bits per heavy atom. The van der Waals surface area contributed by atoms with Crippen molar-refractivity contribution < 1.29 is 9.47 Å². The van der Waals surface area contributed by atoms with Gasteiger partial charge in [0, 0.05) is 0 Å². The molecule has 0 aromatic heterocycles. The Balaban J connectivity index is 1.15. The maximum absolute atomic E-state index is 6.10. The first-order chi connectivity index (χ1) is 25.6. The van der Waals surface area contributed by atoms with Crippen LogP contribution in [0.15, 0.2) is 188 Å². The van der Waals surface area contributed by atoms with Crippen LogP contribution in [0.2, 0.25) is 0 Å². The second-order valence-electron chi connectivity index (χ2n) is 12.6. The Morgan fingerprint density at radius 1 is 0.365 bits per heavy atom. The predicted octanol–water partition coefficient (Wildman–Crippen LogP) is 13.8. The van der Waals surface area contributed by atoms with E-state index < -0.39 is 0 Å². The molecule has 0 aliphatic rings. The van der Waals surface area contributed by atoms with E-state index in [-0.39, 0.29) is 0 Å². The average Bonchev–Trinajstić information content (AvgIpc) is 3.20. The van der Waals surface area contributed by atoms with Gasteiger partial charge in [-0.15, -0.1) is 0 Å². The summed E-state index contributed by atoms with van der Waals surface area (Å²) in [6.07, 6.45) is 8.74. The molecule has 7 aromatic rings. The number of allylic oxidation sites excluding steroid dienone is 1. The molecule has 0 saturated carbocycles. The molecule has 7 rings (SSSR count). The van der Waals surface area contributed by atoms with E-state index in [2.05, 4.69) is 135 Å². The molecule has 0 fully saturated rings. The van der Waals surface area contributed by atoms with Gasteiger partial charge in [-0.1, -0.05) is 157 Å². The fourth-order valence-corrected chi connectivity index (χ4v) is 6.06. The van der Waals surface area contributed by atoms with E-state index in [0.29, 0.717) is 0 Å². The SMILES string of the molecule is CC=C(c1ccc(Oc2ccccc2)cc1)c1ccc(C(=Cc2ccc(C=Cc3ccc(C)cc3)cc2)c2ccc(Oc3ccccc3)cc2)cc1. The van der Waals surface area contributed by atoms with Crippen molar-refractivity contribution in [3.8, 4) is 23.0 Å². The summed E-state index contributed by atoms with van der Waals surface area (Å²) in [5, 5.41) is 0. The topological polar surface area (TPSA) is 18.5 Å². The first-order valence-electron chi connectivity index (χ1n) is 17.6. The summed E-state index contributed by atoms with van der Waals surface area (Å²) in [6, 6.07) is 62.5. The summed E-state index contributed by atoms with van der Waals surface area (Å²) in [7, 11) is 0. The molecular weight excluding hydrogens is 633 g/mol. The van der Waals surface area contributed by atoms with Crippen LogP contribution < -0.4 is 9.47 Å². The fourth-order valence-electron chi connectivity index (χ4n) is 6.06. The molecular formula is C50H40O2. The van der Waals surface area contributed by atoms with Crippen LogP contribution in [0.4, 0.5) is 0 Å². The van der Waals surface area contributed by atoms with Gasteiger partial charge in [-0.2, -0.15) is 0 Å². The van der Waals surface area contributed by atoms with Gasteiger partial charge in [-0.05, 0) is 119 Å². The fraction of sp³-hybridized carbons (Fsp3) is 0.0400. The molecule has 0 heterocycles. The van der Waals surface area contributed by atoms with Gasteiger partial charge in [-0.25, -0.2) is 0 Å². The Kier molecular flexibility index (Phi) is 10.7. The molecule has 0 aliphatic heterocycles. The van der Waals surface area contributed by atoms with E-state index in [1.54, 1.807) is 0 Å². The lowest BCUT2D eigenvalue weighted by molar-refractivity contribution is 0.482. The van der Waals surface area contributed by atoms with Crippen LogP contribution in [0, 0.1) is 6.92 Å². The summed E-state index contributed by atoms with van der Waals surface area (Å²) in [5.41, 5.74) is 11.6. The van der Waals surface area contributed by atoms with Crippen molar-refractivity contribution in [1.29, 1.82) is 0 Å². The Bertz CT molecular complexity index is 2280. The van der Waals surface area contributed by atoms with Crippen molar-refractivity contribution in [2.75, 3.05) is 0 Å². The second kappa shape index (κ2) is 16.4. The lowest BCUT2D eigenvalue weighted by Crippen LogP contribution is -1.93. The molecule has 0 N–H and O–H groups in total. The Labute approximate surface area is 307 Å². The molecule has 52 heavy (non-hydrogen) atoms. The molecule has 0 bridgehead atoms. The van der Waals surface area contributed by atoms with E-state index in [4.69, 9.17) is 9.47 Å². The van der Waals surface area contributed by atoms with Crippen LogP contribution in [0.3, 0.4) is 0 Å². The molecule has 0 atom stereocenters. The van der Waals surface area contributed by atoms with Crippen LogP contribution in [0.25, 0.3) is 29.4 Å². The van der Waals surface area contributed by atoms with Gasteiger partial charge in [0.15, 0.2) is 0 Å². The van der Waals surface area contributed by atoms with Crippen molar-refractivity contribution >= 4 is 29.4 Å². The lowest BCUT2D eigenvalue weighted by Gasteiger charge is -2.14. The average molecular weight is 673 g/mol. The third-order valence-corrected chi connectivity index (χ3v) is 8.88. The van der Waals surface area contributed by atoms with Crippen LogP contribution >= 0.6 is 0 Å². The van der Waals surface area contributed by atoms with E-state index in [0.717, 1.165) is 62.0 Å². The zero-order valence-electron chi connectivity index (χ0n) is 29.4. The number of hydrogen-bond acceptors (Lipinski definition) is 2. The molecule has 0 saturated heterocycles. The van der Waals surface area contributed by atoms with Gasteiger partial charge in [0.1, 0.15) is 23.0 Å². The first kappa shape index (κ1) is 33.8. The molecule has 0 radical (unpaired) electrons. The smallest absolute Gasteiger partial charge is 0.127 e. The normalized spacial score (nSPS) is 11.8. The third-order valence-electron chi connectivity index (χ3n) is 8.88. The highest BCUT2D eigenvalue weighted by Gasteiger charge is 2.10. The molecule has 0 unspecified atom stereocenters. The van der Waals surface area contributed by atoms with Gasteiger partial charge in [0.05, 0.1) is 0 Å². The minimum Gasteiger partial charge on any atom is -0.457 e. The molecule has 0 spiro atoms. The standard InChI is InChI=1S/C50H40O2/c1-3-49(42-28-32-47(33-29-42)51-45-10-6-4-7-11-45)41-24-26-43(27-25-41)50(44-30-34-48(35-31-44)52-46-12-8-5-9-13-46)36-40-22-20-39(21-23-40)19-18-38-16-14-37(2)15-17-38/h3-36H,1-2H3. The van der Waals surface area contributed by atoms with E-state index in [1.165, 1.54) is 16.7 Å². The highest BCUT2D eigenvalue weighted by molar-refractivity contribution is 5.92. The van der Waals surface area contributed by atoms with Crippen molar-refractivity contribution in [3.63, 3.8) is 0 Å². The Hall–Kier alpha value is -6.64. The van der Waals surface area contributed by atoms with Crippen molar-refractivity contribution in [2.45, 2.75) is 13.8 Å². The summed E-state index contributed by atoms with van der Waals surface area (Å²) in [6.45, 7) is 4.19. The monoisotopic (exact) mass is 672 g/mol. The number of hydrogen-bond donors (Lipinski definition) is 0. The molecule has 0 aliphatic carbocycles. The highest BCUT2D eigenvalue weighted by Crippen LogP contribution is 2.32. The number of aryl methyl sites for hydroxylation is 1. The molecule has 0 amide bonds. The molecule has 7 aromatic carbocycles. The van der Waals surface area contributed by atoms with Crippen molar-refractivity contribution in [1.82, 2.24) is 0 Å². The Morgan fingerprint density at radius 3 is 1.13 bits per heavy atom. The lowest BCUT2D eigenvalue weighted by atomic mass is 9.92. The van der Waals surface area contributed by atoms with E-state index in [1.807, 2.05) is 84.9 Å². The quantitative estimate of drug-likeness (QED) is 0.127.